The molecular weight excluding hydrogens is 268 g/mol. The average Bonchev–Trinajstić information content (AvgIpc) is 2.27. The van der Waals surface area contributed by atoms with Crippen LogP contribution in [-0.2, 0) is 13.8 Å². The van der Waals surface area contributed by atoms with Crippen LogP contribution in [0.15, 0.2) is 23.1 Å². The van der Waals surface area contributed by atoms with Crippen LogP contribution >= 0.6 is 10.7 Å². The summed E-state index contributed by atoms with van der Waals surface area (Å²) in [6.45, 7) is 1.75. The molecule has 0 fully saturated rings. The first-order chi connectivity index (χ1) is 7.91. The molecule has 0 aliphatic heterocycles. The topological polar surface area (TPSA) is 69.7 Å². The van der Waals surface area contributed by atoms with E-state index in [0.717, 1.165) is 0 Å². The van der Waals surface area contributed by atoms with Crippen LogP contribution in [0.2, 0.25) is 0 Å². The third kappa shape index (κ3) is 3.10. The van der Waals surface area contributed by atoms with E-state index in [1.165, 1.54) is 25.3 Å². The molecular formula is C10H11ClO5S. The normalized spacial score (nSPS) is 11.0. The number of hydrogen-bond acceptors (Lipinski definition) is 5. The maximum absolute atomic E-state index is 11.6. The number of halogens is 1. The predicted molar refractivity (Wildman–Crippen MR) is 62.0 cm³/mol. The van der Waals surface area contributed by atoms with Gasteiger partial charge in [0.05, 0.1) is 19.3 Å². The summed E-state index contributed by atoms with van der Waals surface area (Å²) < 4.78 is 32.5. The van der Waals surface area contributed by atoms with E-state index in [4.69, 9.17) is 20.2 Å². The number of esters is 1. The average molecular weight is 279 g/mol. The van der Waals surface area contributed by atoms with Crippen LogP contribution in [0.3, 0.4) is 0 Å². The lowest BCUT2D eigenvalue weighted by molar-refractivity contribution is 0.0521. The first kappa shape index (κ1) is 13.8. The van der Waals surface area contributed by atoms with Gasteiger partial charge in [0.25, 0.3) is 9.05 Å². The van der Waals surface area contributed by atoms with Crippen LogP contribution in [0.25, 0.3) is 0 Å². The van der Waals surface area contributed by atoms with E-state index in [2.05, 4.69) is 0 Å². The van der Waals surface area contributed by atoms with Crippen LogP contribution in [0, 0.1) is 0 Å². The third-order valence-corrected chi connectivity index (χ3v) is 3.31. The van der Waals surface area contributed by atoms with Gasteiger partial charge < -0.3 is 9.47 Å². The van der Waals surface area contributed by atoms with Gasteiger partial charge in [-0.3, -0.25) is 0 Å². The van der Waals surface area contributed by atoms with Crippen molar-refractivity contribution >= 4 is 25.7 Å². The predicted octanol–water partition coefficient (Wildman–Crippen LogP) is 1.80. The molecule has 0 aromatic heterocycles. The minimum absolute atomic E-state index is 0.00514. The van der Waals surface area contributed by atoms with Gasteiger partial charge in [-0.05, 0) is 19.1 Å². The fourth-order valence-corrected chi connectivity index (χ4v) is 2.58. The molecule has 0 amide bonds. The number of hydrogen-bond donors (Lipinski definition) is 0. The van der Waals surface area contributed by atoms with Crippen LogP contribution in [-0.4, -0.2) is 28.1 Å². The fraction of sp³-hybridized carbons (Fsp3) is 0.300. The SMILES string of the molecule is CCOC(=O)c1cccc(OC)c1S(=O)(=O)Cl. The highest BCUT2D eigenvalue weighted by molar-refractivity contribution is 8.13. The minimum Gasteiger partial charge on any atom is -0.495 e. The lowest BCUT2D eigenvalue weighted by Crippen LogP contribution is -2.10. The second-order valence-corrected chi connectivity index (χ2v) is 5.50. The van der Waals surface area contributed by atoms with Crippen molar-refractivity contribution in [3.05, 3.63) is 23.8 Å². The Labute approximate surface area is 104 Å². The van der Waals surface area contributed by atoms with Gasteiger partial charge >= 0.3 is 5.97 Å². The smallest absolute Gasteiger partial charge is 0.339 e. The molecule has 1 aromatic carbocycles. The lowest BCUT2D eigenvalue weighted by Gasteiger charge is -2.10. The number of benzene rings is 1. The quantitative estimate of drug-likeness (QED) is 0.620. The largest absolute Gasteiger partial charge is 0.495 e. The van der Waals surface area contributed by atoms with Gasteiger partial charge in [0.15, 0.2) is 0 Å². The van der Waals surface area contributed by atoms with Gasteiger partial charge in [0.1, 0.15) is 10.6 Å². The Balaban J connectivity index is 3.46. The molecule has 1 rings (SSSR count). The molecule has 0 spiro atoms. The number of rotatable bonds is 4. The van der Waals surface area contributed by atoms with Crippen molar-refractivity contribution in [2.24, 2.45) is 0 Å². The van der Waals surface area contributed by atoms with E-state index in [1.807, 2.05) is 0 Å². The molecule has 0 aliphatic rings. The van der Waals surface area contributed by atoms with Crippen LogP contribution in [0.4, 0.5) is 0 Å². The highest BCUT2D eigenvalue weighted by Gasteiger charge is 2.25. The summed E-state index contributed by atoms with van der Waals surface area (Å²) in [4.78, 5) is 11.2. The van der Waals surface area contributed by atoms with Crippen molar-refractivity contribution in [1.82, 2.24) is 0 Å². The van der Waals surface area contributed by atoms with Gasteiger partial charge in [-0.2, -0.15) is 0 Å². The summed E-state index contributed by atoms with van der Waals surface area (Å²) in [7, 11) is 2.47. The van der Waals surface area contributed by atoms with E-state index in [0.29, 0.717) is 0 Å². The Kier molecular flexibility index (Phi) is 4.36. The van der Waals surface area contributed by atoms with Gasteiger partial charge in [0.2, 0.25) is 0 Å². The van der Waals surface area contributed by atoms with Crippen molar-refractivity contribution in [1.29, 1.82) is 0 Å². The summed E-state index contributed by atoms with van der Waals surface area (Å²) in [5, 5.41) is 0. The Morgan fingerprint density at radius 3 is 2.53 bits per heavy atom. The molecule has 0 heterocycles. The Bertz CT molecular complexity index is 523. The van der Waals surface area contributed by atoms with Gasteiger partial charge in [-0.15, -0.1) is 0 Å². The molecule has 5 nitrogen and oxygen atoms in total. The van der Waals surface area contributed by atoms with E-state index in [1.54, 1.807) is 6.92 Å². The van der Waals surface area contributed by atoms with E-state index >= 15 is 0 Å². The fourth-order valence-electron chi connectivity index (χ4n) is 1.30. The molecule has 0 saturated heterocycles. The molecule has 17 heavy (non-hydrogen) atoms. The summed E-state index contributed by atoms with van der Waals surface area (Å²) >= 11 is 0. The number of methoxy groups -OCH3 is 1. The molecule has 0 unspecified atom stereocenters. The second kappa shape index (κ2) is 5.37. The Hall–Kier alpha value is -1.27. The van der Waals surface area contributed by atoms with Gasteiger partial charge in [-0.25, -0.2) is 13.2 Å². The van der Waals surface area contributed by atoms with Crippen molar-refractivity contribution in [2.75, 3.05) is 13.7 Å². The zero-order chi connectivity index (χ0) is 13.1. The summed E-state index contributed by atoms with van der Waals surface area (Å²) in [5.41, 5.74) is -0.138. The summed E-state index contributed by atoms with van der Waals surface area (Å²) in [5.74, 6) is -0.754. The monoisotopic (exact) mass is 278 g/mol. The molecule has 0 saturated carbocycles. The maximum atomic E-state index is 11.6. The van der Waals surface area contributed by atoms with Gasteiger partial charge in [-0.1, -0.05) is 6.07 Å². The minimum atomic E-state index is -4.09. The molecule has 0 atom stereocenters. The lowest BCUT2D eigenvalue weighted by atomic mass is 10.2. The van der Waals surface area contributed by atoms with Crippen LogP contribution in [0.1, 0.15) is 17.3 Å². The summed E-state index contributed by atoms with van der Waals surface area (Å²) in [6.07, 6.45) is 0. The molecule has 0 bridgehead atoms. The molecule has 7 heteroatoms. The highest BCUT2D eigenvalue weighted by atomic mass is 35.7. The zero-order valence-corrected chi connectivity index (χ0v) is 10.8. The zero-order valence-electron chi connectivity index (χ0n) is 9.27. The molecule has 94 valence electrons. The van der Waals surface area contributed by atoms with Crippen molar-refractivity contribution in [3.63, 3.8) is 0 Å². The van der Waals surface area contributed by atoms with Gasteiger partial charge in [0, 0.05) is 10.7 Å². The molecule has 0 radical (unpaired) electrons. The van der Waals surface area contributed by atoms with Crippen molar-refractivity contribution in [3.8, 4) is 5.75 Å². The Morgan fingerprint density at radius 1 is 1.41 bits per heavy atom. The summed E-state index contributed by atoms with van der Waals surface area (Å²) in [6, 6.07) is 4.20. The highest BCUT2D eigenvalue weighted by Crippen LogP contribution is 2.30. The Morgan fingerprint density at radius 2 is 2.06 bits per heavy atom. The van der Waals surface area contributed by atoms with E-state index in [9.17, 15) is 13.2 Å². The number of carbonyl (C=O) groups is 1. The molecule has 0 aliphatic carbocycles. The first-order valence-electron chi connectivity index (χ1n) is 4.70. The first-order valence-corrected chi connectivity index (χ1v) is 7.01. The standard InChI is InChI=1S/C10H11ClO5S/c1-3-16-10(12)7-5-4-6-8(15-2)9(7)17(11,13)14/h4-6H,3H2,1-2H3. The molecule has 0 N–H and O–H groups in total. The van der Waals surface area contributed by atoms with Crippen molar-refractivity contribution < 1.29 is 22.7 Å². The van der Waals surface area contributed by atoms with Crippen LogP contribution in [0.5, 0.6) is 5.75 Å². The van der Waals surface area contributed by atoms with Crippen LogP contribution < -0.4 is 4.74 Å². The molecule has 1 aromatic rings. The van der Waals surface area contributed by atoms with E-state index < -0.39 is 15.0 Å². The maximum Gasteiger partial charge on any atom is 0.339 e. The second-order valence-electron chi connectivity index (χ2n) is 3.00. The van der Waals surface area contributed by atoms with E-state index in [-0.39, 0.29) is 22.8 Å². The van der Waals surface area contributed by atoms with Crippen molar-refractivity contribution in [2.45, 2.75) is 11.8 Å². The third-order valence-electron chi connectivity index (χ3n) is 1.94. The number of ether oxygens (including phenoxy) is 2. The number of carbonyl (C=O) groups excluding carboxylic acids is 1.